The molecule has 1 saturated carbocycles. The molecule has 15 heavy (non-hydrogen) atoms. The van der Waals surface area contributed by atoms with Gasteiger partial charge in [-0.2, -0.15) is 0 Å². The zero-order chi connectivity index (χ0) is 11.1. The first-order valence-electron chi connectivity index (χ1n) is 6.33. The fourth-order valence-corrected chi connectivity index (χ4v) is 2.54. The van der Waals surface area contributed by atoms with Crippen LogP contribution in [0.3, 0.4) is 0 Å². The summed E-state index contributed by atoms with van der Waals surface area (Å²) in [6, 6.07) is 0.817. The first-order chi connectivity index (χ1) is 7.27. The van der Waals surface area contributed by atoms with Crippen molar-refractivity contribution in [3.05, 3.63) is 12.2 Å². The van der Waals surface area contributed by atoms with Gasteiger partial charge in [0, 0.05) is 19.1 Å². The van der Waals surface area contributed by atoms with Gasteiger partial charge in [-0.05, 0) is 32.0 Å². The maximum absolute atomic E-state index is 4.12. The lowest BCUT2D eigenvalue weighted by Crippen LogP contribution is -2.38. The van der Waals surface area contributed by atoms with Crippen LogP contribution in [0.1, 0.15) is 39.0 Å². The summed E-state index contributed by atoms with van der Waals surface area (Å²) >= 11 is 0. The number of likely N-dealkylation sites (N-methyl/N-ethyl adjacent to an activating group) is 2. The minimum atomic E-state index is 0.817. The Balaban J connectivity index is 2.36. The maximum Gasteiger partial charge on any atom is 0.0205 e. The summed E-state index contributed by atoms with van der Waals surface area (Å²) in [5, 5.41) is 3.17. The van der Waals surface area contributed by atoms with Crippen molar-refractivity contribution in [3.8, 4) is 0 Å². The van der Waals surface area contributed by atoms with Crippen molar-refractivity contribution in [1.29, 1.82) is 0 Å². The van der Waals surface area contributed by atoms with Gasteiger partial charge in [-0.1, -0.05) is 32.8 Å². The monoisotopic (exact) mass is 210 g/mol. The van der Waals surface area contributed by atoms with E-state index in [-0.39, 0.29) is 0 Å². The lowest BCUT2D eigenvalue weighted by atomic mass is 9.94. The molecule has 0 radical (unpaired) electrons. The molecule has 1 aliphatic carbocycles. The highest BCUT2D eigenvalue weighted by molar-refractivity contribution is 5.00. The molecular formula is C13H26N2. The predicted octanol–water partition coefficient (Wildman–Crippen LogP) is 2.42. The van der Waals surface area contributed by atoms with Gasteiger partial charge in [-0.3, -0.25) is 4.90 Å². The molecule has 1 rings (SSSR count). The predicted molar refractivity (Wildman–Crippen MR) is 67.2 cm³/mol. The summed E-state index contributed by atoms with van der Waals surface area (Å²) in [6.07, 6.45) is 7.05. The summed E-state index contributed by atoms with van der Waals surface area (Å²) in [5.74, 6) is 0. The minimum absolute atomic E-state index is 0.817. The standard InChI is InChI=1S/C13H26N2/c1-4-15(11-12(2)10-14-3)13-8-6-5-7-9-13/h13-14H,2,4-11H2,1,3H3. The number of nitrogens with zero attached hydrogens (tertiary/aromatic N) is 1. The third-order valence-corrected chi connectivity index (χ3v) is 3.35. The van der Waals surface area contributed by atoms with Crippen molar-refractivity contribution in [2.45, 2.75) is 45.1 Å². The molecule has 0 heterocycles. The van der Waals surface area contributed by atoms with Gasteiger partial charge in [0.05, 0.1) is 0 Å². The molecule has 0 amide bonds. The Bertz CT molecular complexity index is 183. The minimum Gasteiger partial charge on any atom is -0.316 e. The fraction of sp³-hybridized carbons (Fsp3) is 0.846. The van der Waals surface area contributed by atoms with E-state index in [1.54, 1.807) is 0 Å². The normalized spacial score (nSPS) is 18.3. The molecule has 1 fully saturated rings. The second kappa shape index (κ2) is 7.02. The molecule has 0 spiro atoms. The largest absolute Gasteiger partial charge is 0.316 e. The van der Waals surface area contributed by atoms with E-state index < -0.39 is 0 Å². The van der Waals surface area contributed by atoms with E-state index in [0.717, 1.165) is 25.7 Å². The Morgan fingerprint density at radius 2 is 2.00 bits per heavy atom. The lowest BCUT2D eigenvalue weighted by Gasteiger charge is -2.34. The molecule has 0 aromatic carbocycles. The highest BCUT2D eigenvalue weighted by Crippen LogP contribution is 2.22. The van der Waals surface area contributed by atoms with E-state index >= 15 is 0 Å². The quantitative estimate of drug-likeness (QED) is 0.677. The Morgan fingerprint density at radius 1 is 1.33 bits per heavy atom. The fourth-order valence-electron chi connectivity index (χ4n) is 2.54. The van der Waals surface area contributed by atoms with Gasteiger partial charge in [0.25, 0.3) is 0 Å². The number of hydrogen-bond donors (Lipinski definition) is 1. The number of hydrogen-bond acceptors (Lipinski definition) is 2. The average Bonchev–Trinajstić information content (AvgIpc) is 2.27. The summed E-state index contributed by atoms with van der Waals surface area (Å²) in [6.45, 7) is 9.57. The first-order valence-corrected chi connectivity index (χ1v) is 6.33. The summed E-state index contributed by atoms with van der Waals surface area (Å²) in [7, 11) is 1.99. The van der Waals surface area contributed by atoms with E-state index in [1.165, 1.54) is 37.7 Å². The Kier molecular flexibility index (Phi) is 5.96. The van der Waals surface area contributed by atoms with Crippen LogP contribution < -0.4 is 5.32 Å². The summed E-state index contributed by atoms with van der Waals surface area (Å²) < 4.78 is 0. The maximum atomic E-state index is 4.12. The SMILES string of the molecule is C=C(CNC)CN(CC)C1CCCCC1. The van der Waals surface area contributed by atoms with E-state index in [2.05, 4.69) is 23.7 Å². The molecule has 88 valence electrons. The van der Waals surface area contributed by atoms with Crippen molar-refractivity contribution >= 4 is 0 Å². The zero-order valence-electron chi connectivity index (χ0n) is 10.4. The van der Waals surface area contributed by atoms with Crippen LogP contribution in [-0.4, -0.2) is 37.6 Å². The van der Waals surface area contributed by atoms with Gasteiger partial charge in [0.15, 0.2) is 0 Å². The molecule has 0 unspecified atom stereocenters. The molecule has 1 N–H and O–H groups in total. The third kappa shape index (κ3) is 4.35. The first kappa shape index (κ1) is 12.7. The van der Waals surface area contributed by atoms with E-state index in [0.29, 0.717) is 0 Å². The Labute approximate surface area is 94.7 Å². The van der Waals surface area contributed by atoms with Crippen LogP contribution in [-0.2, 0) is 0 Å². The van der Waals surface area contributed by atoms with E-state index in [4.69, 9.17) is 0 Å². The van der Waals surface area contributed by atoms with Crippen LogP contribution >= 0.6 is 0 Å². The van der Waals surface area contributed by atoms with Gasteiger partial charge < -0.3 is 5.32 Å². The van der Waals surface area contributed by atoms with Crippen LogP contribution in [0.15, 0.2) is 12.2 Å². The molecule has 0 atom stereocenters. The molecule has 1 aliphatic rings. The third-order valence-electron chi connectivity index (χ3n) is 3.35. The zero-order valence-corrected chi connectivity index (χ0v) is 10.4. The molecule has 0 aromatic rings. The average molecular weight is 210 g/mol. The van der Waals surface area contributed by atoms with Gasteiger partial charge >= 0.3 is 0 Å². The Morgan fingerprint density at radius 3 is 2.53 bits per heavy atom. The van der Waals surface area contributed by atoms with Crippen LogP contribution in [0.25, 0.3) is 0 Å². The van der Waals surface area contributed by atoms with E-state index in [1.807, 2.05) is 7.05 Å². The van der Waals surface area contributed by atoms with Crippen molar-refractivity contribution in [2.75, 3.05) is 26.7 Å². The smallest absolute Gasteiger partial charge is 0.0205 e. The molecule has 2 nitrogen and oxygen atoms in total. The highest BCUT2D eigenvalue weighted by atomic mass is 15.1. The van der Waals surface area contributed by atoms with E-state index in [9.17, 15) is 0 Å². The topological polar surface area (TPSA) is 15.3 Å². The van der Waals surface area contributed by atoms with Crippen LogP contribution in [0, 0.1) is 0 Å². The second-order valence-electron chi connectivity index (χ2n) is 4.64. The molecule has 2 heteroatoms. The van der Waals surface area contributed by atoms with Gasteiger partial charge in [-0.25, -0.2) is 0 Å². The highest BCUT2D eigenvalue weighted by Gasteiger charge is 2.19. The molecule has 0 bridgehead atoms. The second-order valence-corrected chi connectivity index (χ2v) is 4.64. The van der Waals surface area contributed by atoms with Gasteiger partial charge in [0.1, 0.15) is 0 Å². The van der Waals surface area contributed by atoms with Crippen molar-refractivity contribution < 1.29 is 0 Å². The molecule has 0 aliphatic heterocycles. The molecule has 0 aromatic heterocycles. The van der Waals surface area contributed by atoms with Crippen molar-refractivity contribution in [3.63, 3.8) is 0 Å². The van der Waals surface area contributed by atoms with Crippen LogP contribution in [0.4, 0.5) is 0 Å². The lowest BCUT2D eigenvalue weighted by molar-refractivity contribution is 0.176. The summed E-state index contributed by atoms with van der Waals surface area (Å²) in [4.78, 5) is 2.60. The van der Waals surface area contributed by atoms with Gasteiger partial charge in [0.2, 0.25) is 0 Å². The number of nitrogens with one attached hydrogen (secondary N) is 1. The molecular weight excluding hydrogens is 184 g/mol. The summed E-state index contributed by atoms with van der Waals surface area (Å²) in [5.41, 5.74) is 1.31. The Hall–Kier alpha value is -0.340. The molecule has 0 saturated heterocycles. The van der Waals surface area contributed by atoms with Crippen molar-refractivity contribution in [2.24, 2.45) is 0 Å². The van der Waals surface area contributed by atoms with Crippen LogP contribution in [0.5, 0.6) is 0 Å². The van der Waals surface area contributed by atoms with Crippen LogP contribution in [0.2, 0.25) is 0 Å². The van der Waals surface area contributed by atoms with Gasteiger partial charge in [-0.15, -0.1) is 0 Å². The van der Waals surface area contributed by atoms with Crippen molar-refractivity contribution in [1.82, 2.24) is 10.2 Å². The number of rotatable bonds is 6.